The van der Waals surface area contributed by atoms with E-state index in [0.29, 0.717) is 0 Å². The molecule has 0 fully saturated rings. The molecule has 0 saturated heterocycles. The van der Waals surface area contributed by atoms with Crippen molar-refractivity contribution in [1.82, 2.24) is 0 Å². The SMILES string of the molecule is COc1ccccc1SC(C)C(=O)c1ccc(C)c(C)c1. The molecule has 1 atom stereocenters. The second kappa shape index (κ2) is 6.81. The number of methoxy groups -OCH3 is 1. The molecule has 2 nitrogen and oxygen atoms in total. The molecular weight excluding hydrogens is 280 g/mol. The quantitative estimate of drug-likeness (QED) is 0.592. The van der Waals surface area contributed by atoms with Crippen molar-refractivity contribution in [3.05, 3.63) is 59.2 Å². The van der Waals surface area contributed by atoms with Gasteiger partial charge in [-0.25, -0.2) is 0 Å². The van der Waals surface area contributed by atoms with Crippen molar-refractivity contribution in [3.63, 3.8) is 0 Å². The van der Waals surface area contributed by atoms with E-state index in [4.69, 9.17) is 4.74 Å². The van der Waals surface area contributed by atoms with E-state index in [1.807, 2.05) is 56.3 Å². The number of Topliss-reactive ketones (excluding diaryl/α,β-unsaturated/α-hetero) is 1. The molecule has 2 aromatic carbocycles. The highest BCUT2D eigenvalue weighted by molar-refractivity contribution is 8.00. The highest BCUT2D eigenvalue weighted by atomic mass is 32.2. The maximum absolute atomic E-state index is 12.6. The van der Waals surface area contributed by atoms with Crippen LogP contribution in [0.25, 0.3) is 0 Å². The minimum Gasteiger partial charge on any atom is -0.496 e. The van der Waals surface area contributed by atoms with Crippen molar-refractivity contribution < 1.29 is 9.53 Å². The van der Waals surface area contributed by atoms with Crippen LogP contribution in [0, 0.1) is 13.8 Å². The van der Waals surface area contributed by atoms with E-state index >= 15 is 0 Å². The summed E-state index contributed by atoms with van der Waals surface area (Å²) in [6, 6.07) is 13.7. The van der Waals surface area contributed by atoms with Crippen molar-refractivity contribution in [1.29, 1.82) is 0 Å². The molecule has 0 amide bonds. The predicted octanol–water partition coefficient (Wildman–Crippen LogP) is 4.68. The highest BCUT2D eigenvalue weighted by Crippen LogP contribution is 2.33. The molecule has 0 aliphatic heterocycles. The highest BCUT2D eigenvalue weighted by Gasteiger charge is 2.18. The molecule has 110 valence electrons. The third-order valence-electron chi connectivity index (χ3n) is 3.53. The van der Waals surface area contributed by atoms with E-state index in [0.717, 1.165) is 21.8 Å². The first-order valence-corrected chi connectivity index (χ1v) is 7.82. The van der Waals surface area contributed by atoms with Crippen LogP contribution < -0.4 is 4.74 Å². The van der Waals surface area contributed by atoms with Crippen LogP contribution in [0.2, 0.25) is 0 Å². The van der Waals surface area contributed by atoms with E-state index in [1.165, 1.54) is 17.3 Å². The molecule has 2 aromatic rings. The fourth-order valence-electron chi connectivity index (χ4n) is 2.09. The molecule has 0 bridgehead atoms. The molecule has 3 heteroatoms. The Balaban J connectivity index is 2.17. The van der Waals surface area contributed by atoms with E-state index in [2.05, 4.69) is 6.92 Å². The number of hydrogen-bond donors (Lipinski definition) is 0. The van der Waals surface area contributed by atoms with Gasteiger partial charge in [-0.3, -0.25) is 4.79 Å². The van der Waals surface area contributed by atoms with Gasteiger partial charge in [-0.05, 0) is 50.1 Å². The number of carbonyl (C=O) groups is 1. The fourth-order valence-corrected chi connectivity index (χ4v) is 3.14. The average molecular weight is 300 g/mol. The summed E-state index contributed by atoms with van der Waals surface area (Å²) in [5.41, 5.74) is 3.12. The van der Waals surface area contributed by atoms with Gasteiger partial charge in [-0.1, -0.05) is 24.3 Å². The summed E-state index contributed by atoms with van der Waals surface area (Å²) in [5.74, 6) is 0.955. The van der Waals surface area contributed by atoms with Crippen LogP contribution in [0.3, 0.4) is 0 Å². The number of aryl methyl sites for hydroxylation is 2. The predicted molar refractivity (Wildman–Crippen MR) is 88.6 cm³/mol. The van der Waals surface area contributed by atoms with Gasteiger partial charge in [0.05, 0.1) is 17.3 Å². The summed E-state index contributed by atoms with van der Waals surface area (Å²) in [6.45, 7) is 6.02. The number of carbonyl (C=O) groups excluding carboxylic acids is 1. The number of hydrogen-bond acceptors (Lipinski definition) is 3. The maximum atomic E-state index is 12.6. The van der Waals surface area contributed by atoms with Gasteiger partial charge in [-0.15, -0.1) is 11.8 Å². The Morgan fingerprint density at radius 3 is 2.48 bits per heavy atom. The van der Waals surface area contributed by atoms with Gasteiger partial charge < -0.3 is 4.74 Å². The Kier molecular flexibility index (Phi) is 5.07. The number of benzene rings is 2. The lowest BCUT2D eigenvalue weighted by molar-refractivity contribution is 0.0994. The largest absolute Gasteiger partial charge is 0.496 e. The zero-order valence-electron chi connectivity index (χ0n) is 12.8. The second-order valence-corrected chi connectivity index (χ2v) is 6.46. The van der Waals surface area contributed by atoms with Crippen molar-refractivity contribution >= 4 is 17.5 Å². The number of rotatable bonds is 5. The zero-order valence-corrected chi connectivity index (χ0v) is 13.7. The summed E-state index contributed by atoms with van der Waals surface area (Å²) in [7, 11) is 1.65. The minimum absolute atomic E-state index is 0.147. The normalized spacial score (nSPS) is 12.0. The molecular formula is C18H20O2S. The zero-order chi connectivity index (χ0) is 15.4. The summed E-state index contributed by atoms with van der Waals surface area (Å²) in [6.07, 6.45) is 0. The van der Waals surface area contributed by atoms with E-state index in [-0.39, 0.29) is 11.0 Å². The number of ether oxygens (including phenoxy) is 1. The van der Waals surface area contributed by atoms with Crippen molar-refractivity contribution in [2.45, 2.75) is 30.9 Å². The molecule has 0 N–H and O–H groups in total. The molecule has 1 unspecified atom stereocenters. The van der Waals surface area contributed by atoms with Gasteiger partial charge in [0.1, 0.15) is 5.75 Å². The van der Waals surface area contributed by atoms with Crippen LogP contribution in [0.15, 0.2) is 47.4 Å². The minimum atomic E-state index is -0.150. The Bertz CT molecular complexity index is 649. The van der Waals surface area contributed by atoms with Crippen LogP contribution in [-0.2, 0) is 0 Å². The van der Waals surface area contributed by atoms with Crippen LogP contribution in [0.4, 0.5) is 0 Å². The summed E-state index contributed by atoms with van der Waals surface area (Å²) >= 11 is 1.53. The first-order valence-electron chi connectivity index (χ1n) is 6.94. The summed E-state index contributed by atoms with van der Waals surface area (Å²) < 4.78 is 5.33. The van der Waals surface area contributed by atoms with Crippen molar-refractivity contribution in [2.75, 3.05) is 7.11 Å². The number of para-hydroxylation sites is 1. The first-order chi connectivity index (χ1) is 10.0. The number of ketones is 1. The average Bonchev–Trinajstić information content (AvgIpc) is 2.49. The van der Waals surface area contributed by atoms with E-state index in [1.54, 1.807) is 7.11 Å². The first kappa shape index (κ1) is 15.6. The van der Waals surface area contributed by atoms with Gasteiger partial charge in [0, 0.05) is 5.56 Å². The van der Waals surface area contributed by atoms with E-state index < -0.39 is 0 Å². The van der Waals surface area contributed by atoms with Gasteiger partial charge in [0.15, 0.2) is 5.78 Å². The lowest BCUT2D eigenvalue weighted by Crippen LogP contribution is -2.13. The Morgan fingerprint density at radius 1 is 1.10 bits per heavy atom. The van der Waals surface area contributed by atoms with Gasteiger partial charge in [0.2, 0.25) is 0 Å². The van der Waals surface area contributed by atoms with Gasteiger partial charge in [-0.2, -0.15) is 0 Å². The van der Waals surface area contributed by atoms with E-state index in [9.17, 15) is 4.79 Å². The molecule has 2 rings (SSSR count). The molecule has 0 radical (unpaired) electrons. The van der Waals surface area contributed by atoms with Gasteiger partial charge >= 0.3 is 0 Å². The van der Waals surface area contributed by atoms with Crippen molar-refractivity contribution in [2.24, 2.45) is 0 Å². The monoisotopic (exact) mass is 300 g/mol. The molecule has 0 heterocycles. The topological polar surface area (TPSA) is 26.3 Å². The molecule has 0 aliphatic carbocycles. The van der Waals surface area contributed by atoms with Crippen LogP contribution in [-0.4, -0.2) is 18.1 Å². The van der Waals surface area contributed by atoms with Crippen LogP contribution in [0.1, 0.15) is 28.4 Å². The Labute approximate surface area is 130 Å². The number of thioether (sulfide) groups is 1. The van der Waals surface area contributed by atoms with Crippen molar-refractivity contribution in [3.8, 4) is 5.75 Å². The molecule has 0 spiro atoms. The third-order valence-corrected chi connectivity index (χ3v) is 4.69. The second-order valence-electron chi connectivity index (χ2n) is 5.07. The molecule has 0 saturated carbocycles. The Hall–Kier alpha value is -1.74. The molecule has 0 aliphatic rings. The molecule has 21 heavy (non-hydrogen) atoms. The summed E-state index contributed by atoms with van der Waals surface area (Å²) in [4.78, 5) is 13.5. The smallest absolute Gasteiger partial charge is 0.175 e. The lowest BCUT2D eigenvalue weighted by atomic mass is 10.0. The Morgan fingerprint density at radius 2 is 1.81 bits per heavy atom. The lowest BCUT2D eigenvalue weighted by Gasteiger charge is -2.13. The van der Waals surface area contributed by atoms with Crippen LogP contribution in [0.5, 0.6) is 5.75 Å². The summed E-state index contributed by atoms with van der Waals surface area (Å²) in [5, 5.41) is -0.150. The molecule has 0 aromatic heterocycles. The standard InChI is InChI=1S/C18H20O2S/c1-12-9-10-15(11-13(12)2)18(19)14(3)21-17-8-6-5-7-16(17)20-4/h5-11,14H,1-4H3. The third kappa shape index (κ3) is 3.67. The van der Waals surface area contributed by atoms with Crippen LogP contribution >= 0.6 is 11.8 Å². The van der Waals surface area contributed by atoms with Gasteiger partial charge in [0.25, 0.3) is 0 Å². The maximum Gasteiger partial charge on any atom is 0.175 e. The fraction of sp³-hybridized carbons (Fsp3) is 0.278.